The van der Waals surface area contributed by atoms with E-state index in [0.29, 0.717) is 0 Å². The van der Waals surface area contributed by atoms with E-state index < -0.39 is 24.8 Å². The third-order valence-corrected chi connectivity index (χ3v) is 8.89. The van der Waals surface area contributed by atoms with Crippen LogP contribution < -0.4 is 0 Å². The number of hydrogen-bond acceptors (Lipinski definition) is 0. The summed E-state index contributed by atoms with van der Waals surface area (Å²) in [5.74, 6) is 0. The highest BCUT2D eigenvalue weighted by Crippen LogP contribution is 3.03. The molecule has 1 rings (SSSR count). The Hall–Kier alpha value is -0.640. The SMILES string of the molecule is CC(C)S(F)(F)(F)(c1ccccc1)C(C)C. The fraction of sp³-hybridized carbons (Fsp3) is 0.500. The molecule has 0 spiro atoms. The van der Waals surface area contributed by atoms with E-state index in [1.807, 2.05) is 0 Å². The van der Waals surface area contributed by atoms with E-state index >= 15 is 0 Å². The average molecular weight is 252 g/mol. The second kappa shape index (κ2) is 3.19. The molecule has 0 heterocycles. The molecule has 0 saturated carbocycles. The van der Waals surface area contributed by atoms with Crippen molar-refractivity contribution < 1.29 is 11.7 Å². The molecule has 0 aromatic heterocycles. The smallest absolute Gasteiger partial charge is 0.0787 e. The van der Waals surface area contributed by atoms with Crippen molar-refractivity contribution in [3.05, 3.63) is 30.3 Å². The van der Waals surface area contributed by atoms with Crippen LogP contribution in [0.4, 0.5) is 11.7 Å². The highest BCUT2D eigenvalue weighted by atomic mass is 32.4. The Morgan fingerprint density at radius 1 is 0.812 bits per heavy atom. The van der Waals surface area contributed by atoms with Crippen LogP contribution in [0.1, 0.15) is 27.7 Å². The van der Waals surface area contributed by atoms with E-state index in [2.05, 4.69) is 0 Å². The Morgan fingerprint density at radius 2 is 1.19 bits per heavy atom. The molecule has 0 aliphatic rings. The topological polar surface area (TPSA) is 0 Å². The lowest BCUT2D eigenvalue weighted by Crippen LogP contribution is -2.38. The highest BCUT2D eigenvalue weighted by molar-refractivity contribution is 8.54. The first kappa shape index (κ1) is 13.4. The van der Waals surface area contributed by atoms with Crippen molar-refractivity contribution in [1.29, 1.82) is 0 Å². The molecule has 0 nitrogen and oxygen atoms in total. The van der Waals surface area contributed by atoms with Gasteiger partial charge < -0.3 is 0 Å². The standard InChI is InChI=1S/C12H19F3S/c1-10(2)16(13,14,15,11(3)4)12-8-6-5-7-9-12/h5-11H,1-4H3. The maximum atomic E-state index is 14.9. The largest absolute Gasteiger partial charge is 0.148 e. The maximum Gasteiger partial charge on any atom is 0.0787 e. The van der Waals surface area contributed by atoms with E-state index in [1.54, 1.807) is 6.07 Å². The van der Waals surface area contributed by atoms with Gasteiger partial charge in [0.1, 0.15) is 0 Å². The molecule has 1 aromatic rings. The minimum absolute atomic E-state index is 0.451. The lowest BCUT2D eigenvalue weighted by Gasteiger charge is -2.64. The molecule has 1 aromatic carbocycles. The first-order valence-corrected chi connectivity index (χ1v) is 7.64. The Labute approximate surface area is 95.0 Å². The molecular formula is C12H19F3S. The molecule has 16 heavy (non-hydrogen) atoms. The predicted octanol–water partition coefficient (Wildman–Crippen LogP) is 5.39. The molecule has 94 valence electrons. The molecule has 0 unspecified atom stereocenters. The first-order chi connectivity index (χ1) is 7.06. The van der Waals surface area contributed by atoms with Crippen LogP contribution in [0.15, 0.2) is 35.2 Å². The summed E-state index contributed by atoms with van der Waals surface area (Å²) >= 11 is 0. The van der Waals surface area contributed by atoms with E-state index in [1.165, 1.54) is 52.0 Å². The number of benzene rings is 1. The van der Waals surface area contributed by atoms with Crippen LogP contribution >= 0.6 is 9.45 Å². The van der Waals surface area contributed by atoms with Crippen LogP contribution in [-0.2, 0) is 0 Å². The van der Waals surface area contributed by atoms with Gasteiger partial charge in [-0.2, -0.15) is 0 Å². The van der Waals surface area contributed by atoms with Crippen molar-refractivity contribution >= 4 is 9.45 Å². The Bertz CT molecular complexity index is 373. The zero-order chi connectivity index (χ0) is 12.7. The van der Waals surface area contributed by atoms with Crippen LogP contribution in [0.3, 0.4) is 0 Å². The van der Waals surface area contributed by atoms with Crippen molar-refractivity contribution in [2.75, 3.05) is 0 Å². The Morgan fingerprint density at radius 3 is 1.50 bits per heavy atom. The van der Waals surface area contributed by atoms with Gasteiger partial charge in [-0.3, -0.25) is 0 Å². The fourth-order valence-electron chi connectivity index (χ4n) is 1.82. The predicted molar refractivity (Wildman–Crippen MR) is 65.9 cm³/mol. The van der Waals surface area contributed by atoms with Crippen molar-refractivity contribution in [3.8, 4) is 0 Å². The normalized spacial score (nSPS) is 17.3. The van der Waals surface area contributed by atoms with Gasteiger partial charge in [0, 0.05) is 10.5 Å². The summed E-state index contributed by atoms with van der Waals surface area (Å²) in [6, 6.07) is 6.92. The van der Waals surface area contributed by atoms with Gasteiger partial charge in [-0.25, -0.2) is 0 Å². The number of hydrogen-bond donors (Lipinski definition) is 0. The molecule has 4 heteroatoms. The van der Waals surface area contributed by atoms with Crippen molar-refractivity contribution in [2.24, 2.45) is 0 Å². The summed E-state index contributed by atoms with van der Waals surface area (Å²) < 4.78 is 44.8. The van der Waals surface area contributed by atoms with Crippen LogP contribution in [0.25, 0.3) is 0 Å². The van der Waals surface area contributed by atoms with Gasteiger partial charge in [-0.1, -0.05) is 18.2 Å². The third-order valence-electron chi connectivity index (χ3n) is 3.37. The molecule has 0 saturated heterocycles. The summed E-state index contributed by atoms with van der Waals surface area (Å²) in [7, 11) is -6.71. The Balaban J connectivity index is 3.64. The molecule has 0 N–H and O–H groups in total. The van der Waals surface area contributed by atoms with Gasteiger partial charge >= 0.3 is 0 Å². The molecule has 0 atom stereocenters. The molecular weight excluding hydrogens is 233 g/mol. The van der Waals surface area contributed by atoms with E-state index in [4.69, 9.17) is 0 Å². The van der Waals surface area contributed by atoms with Crippen LogP contribution in [0, 0.1) is 0 Å². The number of rotatable bonds is 3. The van der Waals surface area contributed by atoms with E-state index in [0.717, 1.165) is 0 Å². The molecule has 0 aliphatic carbocycles. The highest BCUT2D eigenvalue weighted by Gasteiger charge is 2.68. The van der Waals surface area contributed by atoms with Gasteiger partial charge in [0.05, 0.1) is 14.3 Å². The summed E-state index contributed by atoms with van der Waals surface area (Å²) in [6.45, 7) is 5.03. The Kier molecular flexibility index (Phi) is 2.67. The zero-order valence-corrected chi connectivity index (χ0v) is 10.9. The van der Waals surface area contributed by atoms with Crippen LogP contribution in [0.5, 0.6) is 0 Å². The second-order valence-electron chi connectivity index (χ2n) is 4.72. The molecule has 0 aliphatic heterocycles. The molecule has 0 fully saturated rings. The zero-order valence-electron chi connectivity index (χ0n) is 10.1. The average Bonchev–Trinajstić information content (AvgIpc) is 2.19. The summed E-state index contributed by atoms with van der Waals surface area (Å²) in [5, 5.41) is -2.63. The van der Waals surface area contributed by atoms with Crippen LogP contribution in [-0.4, -0.2) is 10.5 Å². The van der Waals surface area contributed by atoms with E-state index in [9.17, 15) is 11.7 Å². The maximum absolute atomic E-state index is 14.9. The van der Waals surface area contributed by atoms with Gasteiger partial charge in [-0.15, -0.1) is 11.7 Å². The lowest BCUT2D eigenvalue weighted by atomic mass is 10.4. The van der Waals surface area contributed by atoms with E-state index in [-0.39, 0.29) is 0 Å². The first-order valence-electron chi connectivity index (χ1n) is 5.36. The minimum Gasteiger partial charge on any atom is -0.148 e. The molecule has 0 bridgehead atoms. The van der Waals surface area contributed by atoms with Gasteiger partial charge in [0.2, 0.25) is 0 Å². The monoisotopic (exact) mass is 252 g/mol. The lowest BCUT2D eigenvalue weighted by molar-refractivity contribution is 0.496. The minimum atomic E-state index is -6.71. The number of halogens is 3. The van der Waals surface area contributed by atoms with Crippen molar-refractivity contribution in [1.82, 2.24) is 0 Å². The molecule has 0 radical (unpaired) electrons. The van der Waals surface area contributed by atoms with Gasteiger partial charge in [0.25, 0.3) is 0 Å². The third kappa shape index (κ3) is 1.46. The van der Waals surface area contributed by atoms with Crippen molar-refractivity contribution in [3.63, 3.8) is 0 Å². The summed E-state index contributed by atoms with van der Waals surface area (Å²) in [5.41, 5.74) is 0. The van der Waals surface area contributed by atoms with Gasteiger partial charge in [-0.05, 0) is 39.8 Å². The summed E-state index contributed by atoms with van der Waals surface area (Å²) in [6.07, 6.45) is 0. The summed E-state index contributed by atoms with van der Waals surface area (Å²) in [4.78, 5) is -0.451. The quantitative estimate of drug-likeness (QED) is 0.676. The molecule has 0 amide bonds. The second-order valence-corrected chi connectivity index (χ2v) is 9.71. The van der Waals surface area contributed by atoms with Crippen molar-refractivity contribution in [2.45, 2.75) is 43.1 Å². The van der Waals surface area contributed by atoms with Gasteiger partial charge in [0.15, 0.2) is 0 Å². The van der Waals surface area contributed by atoms with Crippen LogP contribution in [0.2, 0.25) is 0 Å². The fourth-order valence-corrected chi connectivity index (χ4v) is 4.78.